The predicted octanol–water partition coefficient (Wildman–Crippen LogP) is 1.13. The summed E-state index contributed by atoms with van der Waals surface area (Å²) in [6, 6.07) is 8.93. The van der Waals surface area contributed by atoms with Crippen molar-refractivity contribution < 1.29 is 14.4 Å². The maximum Gasteiger partial charge on any atom is 0.247 e. The minimum Gasteiger partial charge on any atom is -0.355 e. The number of carbonyl (C=O) groups excluding carboxylic acids is 3. The van der Waals surface area contributed by atoms with Crippen LogP contribution < -0.4 is 10.2 Å². The van der Waals surface area contributed by atoms with E-state index in [0.717, 1.165) is 12.8 Å². The Morgan fingerprint density at radius 2 is 2.00 bits per heavy atom. The minimum absolute atomic E-state index is 0.0330. The highest BCUT2D eigenvalue weighted by molar-refractivity contribution is 6.28. The van der Waals surface area contributed by atoms with Crippen LogP contribution in [0.25, 0.3) is 0 Å². The Kier molecular flexibility index (Phi) is 4.50. The lowest BCUT2D eigenvalue weighted by molar-refractivity contribution is -0.136. The third-order valence-corrected chi connectivity index (χ3v) is 3.31. The summed E-state index contributed by atoms with van der Waals surface area (Å²) in [7, 11) is 0. The molecule has 20 heavy (non-hydrogen) atoms. The van der Waals surface area contributed by atoms with Crippen LogP contribution in [0.3, 0.4) is 0 Å². The van der Waals surface area contributed by atoms with E-state index in [9.17, 15) is 14.4 Å². The van der Waals surface area contributed by atoms with Crippen LogP contribution in [-0.4, -0.2) is 30.7 Å². The molecule has 1 N–H and O–H groups in total. The Bertz CT molecular complexity index is 513. The summed E-state index contributed by atoms with van der Waals surface area (Å²) < 4.78 is 0. The second kappa shape index (κ2) is 6.32. The average Bonchev–Trinajstić information content (AvgIpc) is 2.75. The molecule has 1 unspecified atom stereocenters. The summed E-state index contributed by atoms with van der Waals surface area (Å²) in [6.45, 7) is 2.47. The van der Waals surface area contributed by atoms with E-state index in [1.165, 1.54) is 4.90 Å². The molecular formula is C15H18N2O3. The second-order valence-electron chi connectivity index (χ2n) is 4.80. The standard InChI is InChI=1S/C15H18N2O3/c1-2-3-9-16-14(19)13-12(18)10-17(15(13)20)11-7-5-4-6-8-11/h4-8,13H,2-3,9-10H2,1H3,(H,16,19). The van der Waals surface area contributed by atoms with Crippen molar-refractivity contribution >= 4 is 23.3 Å². The first-order chi connectivity index (χ1) is 9.65. The number of amides is 2. The molecule has 0 spiro atoms. The molecule has 1 aromatic rings. The summed E-state index contributed by atoms with van der Waals surface area (Å²) in [6.07, 6.45) is 1.78. The SMILES string of the molecule is CCCCNC(=O)C1C(=O)CN(c2ccccc2)C1=O. The number of Topliss-reactive ketones (excluding diaryl/α,β-unsaturated/α-hetero) is 1. The van der Waals surface area contributed by atoms with Gasteiger partial charge in [0.1, 0.15) is 0 Å². The van der Waals surface area contributed by atoms with Gasteiger partial charge < -0.3 is 10.2 Å². The van der Waals surface area contributed by atoms with Gasteiger partial charge in [-0.1, -0.05) is 31.5 Å². The molecule has 0 aliphatic carbocycles. The number of anilines is 1. The highest BCUT2D eigenvalue weighted by atomic mass is 16.2. The quantitative estimate of drug-likeness (QED) is 0.646. The van der Waals surface area contributed by atoms with Crippen molar-refractivity contribution in [3.63, 3.8) is 0 Å². The Hall–Kier alpha value is -2.17. The van der Waals surface area contributed by atoms with Gasteiger partial charge in [0.15, 0.2) is 11.7 Å². The van der Waals surface area contributed by atoms with Gasteiger partial charge in [-0.15, -0.1) is 0 Å². The molecule has 1 aliphatic rings. The van der Waals surface area contributed by atoms with Gasteiger partial charge in [-0.3, -0.25) is 14.4 Å². The number of hydrogen-bond acceptors (Lipinski definition) is 3. The minimum atomic E-state index is -1.19. The van der Waals surface area contributed by atoms with Crippen molar-refractivity contribution in [1.29, 1.82) is 0 Å². The summed E-state index contributed by atoms with van der Waals surface area (Å²) >= 11 is 0. The number of rotatable bonds is 5. The first-order valence-electron chi connectivity index (χ1n) is 6.82. The molecule has 1 aliphatic heterocycles. The van der Waals surface area contributed by atoms with Gasteiger partial charge in [-0.25, -0.2) is 0 Å². The van der Waals surface area contributed by atoms with Crippen LogP contribution in [0.1, 0.15) is 19.8 Å². The first-order valence-corrected chi connectivity index (χ1v) is 6.82. The van der Waals surface area contributed by atoms with Gasteiger partial charge in [0.2, 0.25) is 11.8 Å². The number of nitrogens with one attached hydrogen (secondary N) is 1. The summed E-state index contributed by atoms with van der Waals surface area (Å²) in [5.74, 6) is -2.44. The van der Waals surface area contributed by atoms with Gasteiger partial charge in [0.25, 0.3) is 0 Å². The van der Waals surface area contributed by atoms with Crippen LogP contribution in [0.5, 0.6) is 0 Å². The Morgan fingerprint density at radius 3 is 2.65 bits per heavy atom. The molecule has 1 saturated heterocycles. The maximum absolute atomic E-state index is 12.2. The predicted molar refractivity (Wildman–Crippen MR) is 75.2 cm³/mol. The zero-order chi connectivity index (χ0) is 14.5. The Morgan fingerprint density at radius 1 is 1.30 bits per heavy atom. The van der Waals surface area contributed by atoms with E-state index in [2.05, 4.69) is 5.32 Å². The molecule has 2 amide bonds. The van der Waals surface area contributed by atoms with E-state index in [0.29, 0.717) is 12.2 Å². The van der Waals surface area contributed by atoms with E-state index in [1.54, 1.807) is 24.3 Å². The van der Waals surface area contributed by atoms with Crippen LogP contribution in [0.15, 0.2) is 30.3 Å². The van der Waals surface area contributed by atoms with Gasteiger partial charge >= 0.3 is 0 Å². The van der Waals surface area contributed by atoms with Crippen LogP contribution in [-0.2, 0) is 14.4 Å². The fourth-order valence-electron chi connectivity index (χ4n) is 2.19. The smallest absolute Gasteiger partial charge is 0.247 e. The lowest BCUT2D eigenvalue weighted by atomic mass is 10.1. The van der Waals surface area contributed by atoms with E-state index < -0.39 is 17.7 Å². The highest BCUT2D eigenvalue weighted by Crippen LogP contribution is 2.22. The molecule has 1 atom stereocenters. The number of para-hydroxylation sites is 1. The van der Waals surface area contributed by atoms with Crippen LogP contribution in [0.4, 0.5) is 5.69 Å². The number of unbranched alkanes of at least 4 members (excludes halogenated alkanes) is 1. The molecule has 106 valence electrons. The number of ketones is 1. The van der Waals surface area contributed by atoms with Crippen molar-refractivity contribution in [2.45, 2.75) is 19.8 Å². The molecule has 0 aromatic heterocycles. The van der Waals surface area contributed by atoms with Crippen LogP contribution in [0, 0.1) is 5.92 Å². The monoisotopic (exact) mass is 274 g/mol. The third kappa shape index (κ3) is 2.87. The molecule has 5 heteroatoms. The molecule has 0 bridgehead atoms. The third-order valence-electron chi connectivity index (χ3n) is 3.31. The summed E-state index contributed by atoms with van der Waals surface area (Å²) in [5, 5.41) is 2.65. The van der Waals surface area contributed by atoms with Crippen molar-refractivity contribution in [2.24, 2.45) is 5.92 Å². The van der Waals surface area contributed by atoms with Crippen molar-refractivity contribution in [3.8, 4) is 0 Å². The lowest BCUT2D eigenvalue weighted by Gasteiger charge is -2.15. The molecule has 1 fully saturated rings. The van der Waals surface area contributed by atoms with Crippen molar-refractivity contribution in [1.82, 2.24) is 5.32 Å². The molecule has 2 rings (SSSR count). The number of carbonyl (C=O) groups is 3. The summed E-state index contributed by atoms with van der Waals surface area (Å²) in [5.41, 5.74) is 0.648. The number of hydrogen-bond donors (Lipinski definition) is 1. The van der Waals surface area contributed by atoms with Gasteiger partial charge in [0, 0.05) is 12.2 Å². The van der Waals surface area contributed by atoms with E-state index in [-0.39, 0.29) is 12.3 Å². The van der Waals surface area contributed by atoms with Crippen LogP contribution >= 0.6 is 0 Å². The fourth-order valence-corrected chi connectivity index (χ4v) is 2.19. The normalized spacial score (nSPS) is 18.4. The maximum atomic E-state index is 12.2. The van der Waals surface area contributed by atoms with Gasteiger partial charge in [-0.05, 0) is 18.6 Å². The highest BCUT2D eigenvalue weighted by Gasteiger charge is 2.44. The molecule has 1 heterocycles. The zero-order valence-corrected chi connectivity index (χ0v) is 11.5. The largest absolute Gasteiger partial charge is 0.355 e. The zero-order valence-electron chi connectivity index (χ0n) is 11.5. The molecular weight excluding hydrogens is 256 g/mol. The molecule has 5 nitrogen and oxygen atoms in total. The van der Waals surface area contributed by atoms with E-state index in [4.69, 9.17) is 0 Å². The van der Waals surface area contributed by atoms with Gasteiger partial charge in [-0.2, -0.15) is 0 Å². The Labute approximate surface area is 118 Å². The molecule has 0 radical (unpaired) electrons. The number of benzene rings is 1. The average molecular weight is 274 g/mol. The molecule has 1 aromatic carbocycles. The van der Waals surface area contributed by atoms with Crippen molar-refractivity contribution in [2.75, 3.05) is 18.0 Å². The van der Waals surface area contributed by atoms with Crippen molar-refractivity contribution in [3.05, 3.63) is 30.3 Å². The second-order valence-corrected chi connectivity index (χ2v) is 4.80. The first kappa shape index (κ1) is 14.2. The summed E-state index contributed by atoms with van der Waals surface area (Å²) in [4.78, 5) is 37.5. The molecule has 0 saturated carbocycles. The van der Waals surface area contributed by atoms with Gasteiger partial charge in [0.05, 0.1) is 6.54 Å². The lowest BCUT2D eigenvalue weighted by Crippen LogP contribution is -2.39. The fraction of sp³-hybridized carbons (Fsp3) is 0.400. The number of nitrogens with zero attached hydrogens (tertiary/aromatic N) is 1. The van der Waals surface area contributed by atoms with Crippen LogP contribution in [0.2, 0.25) is 0 Å². The van der Waals surface area contributed by atoms with E-state index in [1.807, 2.05) is 13.0 Å². The van der Waals surface area contributed by atoms with E-state index >= 15 is 0 Å². The Balaban J connectivity index is 2.07. The topological polar surface area (TPSA) is 66.5 Å².